The van der Waals surface area contributed by atoms with Crippen molar-refractivity contribution in [2.24, 2.45) is 0 Å². The molecule has 1 heterocycles. The van der Waals surface area contributed by atoms with Gasteiger partial charge in [-0.3, -0.25) is 4.57 Å². The summed E-state index contributed by atoms with van der Waals surface area (Å²) in [7, 11) is 0. The fourth-order valence-corrected chi connectivity index (χ4v) is 2.46. The number of aromatic nitrogens is 2. The zero-order valence-electron chi connectivity index (χ0n) is 10.2. The molecule has 3 nitrogen and oxygen atoms in total. The number of imidazole rings is 1. The van der Waals surface area contributed by atoms with Crippen molar-refractivity contribution in [1.82, 2.24) is 9.55 Å². The van der Waals surface area contributed by atoms with Crippen LogP contribution in [-0.4, -0.2) is 9.55 Å². The van der Waals surface area contributed by atoms with Crippen LogP contribution in [0.5, 0.6) is 0 Å². The van der Waals surface area contributed by atoms with Gasteiger partial charge in [0.15, 0.2) is 0 Å². The summed E-state index contributed by atoms with van der Waals surface area (Å²) in [6.45, 7) is 1.73. The summed E-state index contributed by atoms with van der Waals surface area (Å²) < 4.78 is 16.1. The molecule has 2 aromatic carbocycles. The Labute approximate surface area is 118 Å². The van der Waals surface area contributed by atoms with Gasteiger partial charge in [0, 0.05) is 10.2 Å². The number of fused-ring (bicyclic) bond motifs is 1. The molecule has 3 aromatic rings. The van der Waals surface area contributed by atoms with Crippen molar-refractivity contribution in [2.75, 3.05) is 5.73 Å². The smallest absolute Gasteiger partial charge is 0.205 e. The van der Waals surface area contributed by atoms with E-state index in [0.717, 1.165) is 21.2 Å². The molecule has 0 saturated carbocycles. The first-order valence-corrected chi connectivity index (χ1v) is 6.55. The lowest BCUT2D eigenvalue weighted by Crippen LogP contribution is -2.01. The quantitative estimate of drug-likeness (QED) is 0.741. The summed E-state index contributed by atoms with van der Waals surface area (Å²) in [4.78, 5) is 4.32. The lowest BCUT2D eigenvalue weighted by Gasteiger charge is -2.08. The number of hydrogen-bond acceptors (Lipinski definition) is 2. The molecule has 96 valence electrons. The minimum Gasteiger partial charge on any atom is -0.369 e. The number of nitrogen functional groups attached to an aromatic ring is 1. The van der Waals surface area contributed by atoms with Gasteiger partial charge in [-0.25, -0.2) is 9.37 Å². The van der Waals surface area contributed by atoms with Crippen molar-refractivity contribution >= 4 is 32.9 Å². The second kappa shape index (κ2) is 4.35. The fourth-order valence-electron chi connectivity index (χ4n) is 2.11. The molecule has 3 rings (SSSR count). The number of anilines is 1. The predicted octanol–water partition coefficient (Wildman–Crippen LogP) is 3.82. The molecule has 1 aromatic heterocycles. The zero-order valence-corrected chi connectivity index (χ0v) is 11.8. The maximum absolute atomic E-state index is 13.3. The number of benzene rings is 2. The summed E-state index contributed by atoms with van der Waals surface area (Å²) in [5.41, 5.74) is 9.05. The van der Waals surface area contributed by atoms with E-state index >= 15 is 0 Å². The van der Waals surface area contributed by atoms with Crippen LogP contribution in [0.25, 0.3) is 16.7 Å². The Hall–Kier alpha value is -1.88. The average molecular weight is 320 g/mol. The van der Waals surface area contributed by atoms with Gasteiger partial charge < -0.3 is 5.73 Å². The van der Waals surface area contributed by atoms with Gasteiger partial charge in [-0.1, -0.05) is 15.9 Å². The van der Waals surface area contributed by atoms with E-state index in [1.807, 2.05) is 22.8 Å². The van der Waals surface area contributed by atoms with E-state index in [9.17, 15) is 4.39 Å². The lowest BCUT2D eigenvalue weighted by atomic mass is 10.2. The Bertz CT molecular complexity index is 780. The topological polar surface area (TPSA) is 43.8 Å². The van der Waals surface area contributed by atoms with Crippen LogP contribution in [0.3, 0.4) is 0 Å². The number of aryl methyl sites for hydroxylation is 1. The lowest BCUT2D eigenvalue weighted by molar-refractivity contribution is 0.618. The van der Waals surface area contributed by atoms with Gasteiger partial charge in [0.05, 0.1) is 11.0 Å². The molecule has 2 N–H and O–H groups in total. The van der Waals surface area contributed by atoms with Crippen molar-refractivity contribution in [1.29, 1.82) is 0 Å². The second-order valence-electron chi connectivity index (χ2n) is 4.37. The first kappa shape index (κ1) is 12.2. The van der Waals surface area contributed by atoms with E-state index in [-0.39, 0.29) is 5.82 Å². The monoisotopic (exact) mass is 319 g/mol. The van der Waals surface area contributed by atoms with Crippen molar-refractivity contribution < 1.29 is 4.39 Å². The van der Waals surface area contributed by atoms with Gasteiger partial charge in [0.2, 0.25) is 5.95 Å². The van der Waals surface area contributed by atoms with Gasteiger partial charge in [-0.2, -0.15) is 0 Å². The molecule has 0 bridgehead atoms. The molecule has 0 radical (unpaired) electrons. The highest BCUT2D eigenvalue weighted by molar-refractivity contribution is 9.10. The van der Waals surface area contributed by atoms with Crippen LogP contribution < -0.4 is 5.73 Å². The molecular weight excluding hydrogens is 309 g/mol. The van der Waals surface area contributed by atoms with Gasteiger partial charge in [-0.05, 0) is 48.9 Å². The van der Waals surface area contributed by atoms with Crippen LogP contribution in [0.2, 0.25) is 0 Å². The highest BCUT2D eigenvalue weighted by Crippen LogP contribution is 2.26. The number of halogens is 2. The summed E-state index contributed by atoms with van der Waals surface area (Å²) in [5.74, 6) is 0.161. The molecule has 5 heteroatoms. The molecule has 0 aliphatic heterocycles. The molecule has 0 atom stereocenters. The van der Waals surface area contributed by atoms with E-state index in [0.29, 0.717) is 11.5 Å². The van der Waals surface area contributed by atoms with Crippen molar-refractivity contribution in [2.45, 2.75) is 6.92 Å². The Kier molecular flexibility index (Phi) is 2.78. The second-order valence-corrected chi connectivity index (χ2v) is 5.29. The largest absolute Gasteiger partial charge is 0.369 e. The summed E-state index contributed by atoms with van der Waals surface area (Å²) >= 11 is 3.40. The highest BCUT2D eigenvalue weighted by Gasteiger charge is 2.11. The third-order valence-corrected chi connectivity index (χ3v) is 3.54. The molecule has 0 aliphatic carbocycles. The molecule has 0 spiro atoms. The van der Waals surface area contributed by atoms with Crippen molar-refractivity contribution in [3.05, 3.63) is 52.3 Å². The Balaban J connectivity index is 2.29. The summed E-state index contributed by atoms with van der Waals surface area (Å²) in [5, 5.41) is 0. The molecular formula is C14H11BrFN3. The maximum atomic E-state index is 13.3. The minimum absolute atomic E-state index is 0.227. The van der Waals surface area contributed by atoms with Crippen LogP contribution >= 0.6 is 15.9 Å². The van der Waals surface area contributed by atoms with E-state index in [4.69, 9.17) is 5.73 Å². The number of hydrogen-bond donors (Lipinski definition) is 1. The third-order valence-electron chi connectivity index (χ3n) is 3.04. The van der Waals surface area contributed by atoms with Crippen LogP contribution in [0.1, 0.15) is 5.56 Å². The Morgan fingerprint density at radius 1 is 1.21 bits per heavy atom. The normalized spacial score (nSPS) is 11.1. The zero-order chi connectivity index (χ0) is 13.6. The first-order valence-electron chi connectivity index (χ1n) is 5.76. The summed E-state index contributed by atoms with van der Waals surface area (Å²) in [6, 6.07) is 10.7. The number of nitrogens with zero attached hydrogens (tertiary/aromatic N) is 2. The highest BCUT2D eigenvalue weighted by atomic mass is 79.9. The van der Waals surface area contributed by atoms with E-state index in [1.165, 1.54) is 6.07 Å². The van der Waals surface area contributed by atoms with Gasteiger partial charge in [0.1, 0.15) is 5.82 Å². The molecule has 19 heavy (non-hydrogen) atoms. The first-order chi connectivity index (χ1) is 9.06. The van der Waals surface area contributed by atoms with Crippen molar-refractivity contribution in [3.63, 3.8) is 0 Å². The van der Waals surface area contributed by atoms with Gasteiger partial charge in [0.25, 0.3) is 0 Å². The number of nitrogens with two attached hydrogens (primary N) is 1. The molecule has 0 saturated heterocycles. The SMILES string of the molecule is Cc1cc(-n2c(N)nc3cc(Br)ccc32)ccc1F. The molecule has 0 fully saturated rings. The third kappa shape index (κ3) is 2.00. The Morgan fingerprint density at radius 3 is 2.74 bits per heavy atom. The Morgan fingerprint density at radius 2 is 2.00 bits per heavy atom. The van der Waals surface area contributed by atoms with Crippen molar-refractivity contribution in [3.8, 4) is 5.69 Å². The van der Waals surface area contributed by atoms with E-state index < -0.39 is 0 Å². The van der Waals surface area contributed by atoms with E-state index in [2.05, 4.69) is 20.9 Å². The van der Waals surface area contributed by atoms with Gasteiger partial charge >= 0.3 is 0 Å². The molecule has 0 aliphatic rings. The van der Waals surface area contributed by atoms with E-state index in [1.54, 1.807) is 19.1 Å². The molecule has 0 amide bonds. The standard InChI is InChI=1S/C14H11BrFN3/c1-8-6-10(3-4-11(8)16)19-13-5-2-9(15)7-12(13)18-14(19)17/h2-7H,1H3,(H2,17,18). The average Bonchev–Trinajstić information content (AvgIpc) is 2.68. The van der Waals surface area contributed by atoms with Gasteiger partial charge in [-0.15, -0.1) is 0 Å². The summed E-state index contributed by atoms with van der Waals surface area (Å²) in [6.07, 6.45) is 0. The number of rotatable bonds is 1. The molecule has 0 unspecified atom stereocenters. The maximum Gasteiger partial charge on any atom is 0.205 e. The van der Waals surface area contributed by atoms with Crippen LogP contribution in [0.4, 0.5) is 10.3 Å². The minimum atomic E-state index is -0.227. The van der Waals surface area contributed by atoms with Crippen LogP contribution in [0.15, 0.2) is 40.9 Å². The van der Waals surface area contributed by atoms with Crippen LogP contribution in [-0.2, 0) is 0 Å². The fraction of sp³-hybridized carbons (Fsp3) is 0.0714. The predicted molar refractivity (Wildman–Crippen MR) is 77.9 cm³/mol. The van der Waals surface area contributed by atoms with Crippen LogP contribution in [0, 0.1) is 12.7 Å².